The molecular weight excluding hydrogens is 226 g/mol. The van der Waals surface area contributed by atoms with Gasteiger partial charge < -0.3 is 10.1 Å². The smallest absolute Gasteiger partial charge is 0.150 e. The van der Waals surface area contributed by atoms with Crippen LogP contribution in [-0.2, 0) is 14.6 Å². The first-order valence-electron chi connectivity index (χ1n) is 5.98. The molecule has 94 valence electrons. The van der Waals surface area contributed by atoms with E-state index in [0.717, 1.165) is 39.0 Å². The lowest BCUT2D eigenvalue weighted by atomic mass is 9.99. The topological polar surface area (TPSA) is 55.4 Å². The van der Waals surface area contributed by atoms with Crippen molar-refractivity contribution in [1.82, 2.24) is 5.32 Å². The summed E-state index contributed by atoms with van der Waals surface area (Å²) in [6.07, 6.45) is 3.05. The van der Waals surface area contributed by atoms with E-state index >= 15 is 0 Å². The number of hydrogen-bond acceptors (Lipinski definition) is 4. The minimum absolute atomic E-state index is 0.136. The summed E-state index contributed by atoms with van der Waals surface area (Å²) in [5.41, 5.74) is 0.136. The van der Waals surface area contributed by atoms with Crippen LogP contribution in [-0.4, -0.2) is 46.7 Å². The van der Waals surface area contributed by atoms with Crippen molar-refractivity contribution < 1.29 is 13.2 Å². The molecule has 1 aliphatic heterocycles. The van der Waals surface area contributed by atoms with Gasteiger partial charge in [-0.15, -0.1) is 0 Å². The van der Waals surface area contributed by atoms with Crippen LogP contribution in [0.4, 0.5) is 0 Å². The van der Waals surface area contributed by atoms with E-state index in [1.807, 2.05) is 0 Å². The first kappa shape index (κ1) is 12.3. The van der Waals surface area contributed by atoms with E-state index in [9.17, 15) is 8.42 Å². The van der Waals surface area contributed by atoms with Crippen molar-refractivity contribution >= 4 is 9.84 Å². The number of ether oxygens (including phenoxy) is 1. The fraction of sp³-hybridized carbons (Fsp3) is 1.00. The van der Waals surface area contributed by atoms with Gasteiger partial charge in [0.2, 0.25) is 0 Å². The Morgan fingerprint density at radius 3 is 3.00 bits per heavy atom. The van der Waals surface area contributed by atoms with Gasteiger partial charge in [-0.2, -0.15) is 0 Å². The van der Waals surface area contributed by atoms with Gasteiger partial charge in [-0.05, 0) is 37.1 Å². The maximum absolute atomic E-state index is 11.6. The summed E-state index contributed by atoms with van der Waals surface area (Å²) in [5.74, 6) is 1.40. The van der Waals surface area contributed by atoms with E-state index in [1.165, 1.54) is 0 Å². The van der Waals surface area contributed by atoms with Gasteiger partial charge >= 0.3 is 0 Å². The Hall–Kier alpha value is -0.130. The highest BCUT2D eigenvalue weighted by molar-refractivity contribution is 7.91. The Labute approximate surface area is 97.7 Å². The van der Waals surface area contributed by atoms with E-state index in [4.69, 9.17) is 4.74 Å². The molecule has 2 unspecified atom stereocenters. The zero-order valence-electron chi connectivity index (χ0n) is 9.87. The first-order chi connectivity index (χ1) is 7.58. The van der Waals surface area contributed by atoms with Crippen LogP contribution in [0.5, 0.6) is 0 Å². The highest BCUT2D eigenvalue weighted by Crippen LogP contribution is 2.58. The van der Waals surface area contributed by atoms with E-state index in [2.05, 4.69) is 5.32 Å². The molecule has 0 aromatic heterocycles. The number of methoxy groups -OCH3 is 1. The molecule has 4 nitrogen and oxygen atoms in total. The molecule has 0 radical (unpaired) electrons. The molecule has 1 saturated carbocycles. The van der Waals surface area contributed by atoms with Crippen molar-refractivity contribution in [3.8, 4) is 0 Å². The van der Waals surface area contributed by atoms with Crippen molar-refractivity contribution in [3.63, 3.8) is 0 Å². The summed E-state index contributed by atoms with van der Waals surface area (Å²) in [6.45, 7) is 2.52. The fourth-order valence-electron chi connectivity index (χ4n) is 2.88. The van der Waals surface area contributed by atoms with Gasteiger partial charge in [0, 0.05) is 13.7 Å². The van der Waals surface area contributed by atoms with Gasteiger partial charge in [0.05, 0.1) is 18.1 Å². The quantitative estimate of drug-likeness (QED) is 0.716. The van der Waals surface area contributed by atoms with Crippen molar-refractivity contribution in [1.29, 1.82) is 0 Å². The average Bonchev–Trinajstić information content (AvgIpc) is 2.84. The Morgan fingerprint density at radius 2 is 2.31 bits per heavy atom. The van der Waals surface area contributed by atoms with Crippen LogP contribution in [0.2, 0.25) is 0 Å². The molecule has 1 N–H and O–H groups in total. The zero-order chi connectivity index (χ0) is 11.6. The summed E-state index contributed by atoms with van der Waals surface area (Å²) in [6, 6.07) is 0. The molecule has 1 aliphatic carbocycles. The third-order valence-electron chi connectivity index (χ3n) is 3.87. The molecule has 5 heteroatoms. The van der Waals surface area contributed by atoms with Crippen molar-refractivity contribution in [2.75, 3.05) is 38.3 Å². The van der Waals surface area contributed by atoms with Crippen LogP contribution in [0.3, 0.4) is 0 Å². The molecule has 1 heterocycles. The standard InChI is InChI=1S/C11H21NO3S/c1-15-5-4-12-8-10-7-11(10)3-2-6-16(13,14)9-11/h10,12H,2-9H2,1H3. The Kier molecular flexibility index (Phi) is 3.56. The third kappa shape index (κ3) is 2.76. The van der Waals surface area contributed by atoms with Gasteiger partial charge in [-0.3, -0.25) is 0 Å². The van der Waals surface area contributed by atoms with Crippen LogP contribution < -0.4 is 5.32 Å². The highest BCUT2D eigenvalue weighted by atomic mass is 32.2. The zero-order valence-corrected chi connectivity index (χ0v) is 10.7. The lowest BCUT2D eigenvalue weighted by molar-refractivity contribution is 0.198. The Bertz CT molecular complexity index is 341. The second-order valence-corrected chi connectivity index (χ2v) is 7.34. The van der Waals surface area contributed by atoms with Crippen LogP contribution in [0, 0.1) is 11.3 Å². The lowest BCUT2D eigenvalue weighted by Crippen LogP contribution is -2.30. The second kappa shape index (κ2) is 4.63. The van der Waals surface area contributed by atoms with Crippen LogP contribution in [0.25, 0.3) is 0 Å². The van der Waals surface area contributed by atoms with E-state index in [1.54, 1.807) is 7.11 Å². The molecule has 0 amide bonds. The maximum atomic E-state index is 11.6. The number of nitrogens with one attached hydrogen (secondary N) is 1. The monoisotopic (exact) mass is 247 g/mol. The van der Waals surface area contributed by atoms with Crippen molar-refractivity contribution in [3.05, 3.63) is 0 Å². The summed E-state index contributed by atoms with van der Waals surface area (Å²) < 4.78 is 28.1. The predicted octanol–water partition coefficient (Wildman–Crippen LogP) is 0.437. The Balaban J connectivity index is 1.76. The molecule has 1 saturated heterocycles. The number of hydrogen-bond donors (Lipinski definition) is 1. The molecule has 16 heavy (non-hydrogen) atoms. The van der Waals surface area contributed by atoms with Gasteiger partial charge in [0.15, 0.2) is 9.84 Å². The van der Waals surface area contributed by atoms with Crippen molar-refractivity contribution in [2.45, 2.75) is 19.3 Å². The van der Waals surface area contributed by atoms with Gasteiger partial charge in [-0.25, -0.2) is 8.42 Å². The summed E-state index contributed by atoms with van der Waals surface area (Å²) in [7, 11) is -1.06. The predicted molar refractivity (Wildman–Crippen MR) is 63.2 cm³/mol. The van der Waals surface area contributed by atoms with Gasteiger partial charge in [0.1, 0.15) is 0 Å². The SMILES string of the molecule is COCCNCC1CC12CCCS(=O)(=O)C2. The summed E-state index contributed by atoms with van der Waals surface area (Å²) in [5, 5.41) is 3.33. The number of sulfone groups is 1. The molecule has 0 aromatic carbocycles. The molecule has 0 aromatic rings. The average molecular weight is 247 g/mol. The largest absolute Gasteiger partial charge is 0.383 e. The van der Waals surface area contributed by atoms with Gasteiger partial charge in [-0.1, -0.05) is 0 Å². The van der Waals surface area contributed by atoms with Gasteiger partial charge in [0.25, 0.3) is 0 Å². The van der Waals surface area contributed by atoms with Crippen LogP contribution in [0.15, 0.2) is 0 Å². The third-order valence-corrected chi connectivity index (χ3v) is 5.80. The van der Waals surface area contributed by atoms with Crippen LogP contribution >= 0.6 is 0 Å². The molecule has 2 atom stereocenters. The summed E-state index contributed by atoms with van der Waals surface area (Å²) in [4.78, 5) is 0. The number of rotatable bonds is 5. The molecule has 2 aliphatic rings. The second-order valence-electron chi connectivity index (χ2n) is 5.16. The molecule has 0 bridgehead atoms. The lowest BCUT2D eigenvalue weighted by Gasteiger charge is -2.22. The first-order valence-corrected chi connectivity index (χ1v) is 7.80. The van der Waals surface area contributed by atoms with Crippen molar-refractivity contribution in [2.24, 2.45) is 11.3 Å². The molecule has 2 rings (SSSR count). The van der Waals surface area contributed by atoms with Crippen LogP contribution in [0.1, 0.15) is 19.3 Å². The van der Waals surface area contributed by atoms with E-state index in [0.29, 0.717) is 17.4 Å². The maximum Gasteiger partial charge on any atom is 0.150 e. The minimum atomic E-state index is -2.75. The van der Waals surface area contributed by atoms with E-state index < -0.39 is 9.84 Å². The van der Waals surface area contributed by atoms with E-state index in [-0.39, 0.29) is 5.41 Å². The summed E-state index contributed by atoms with van der Waals surface area (Å²) >= 11 is 0. The molecule has 1 spiro atoms. The minimum Gasteiger partial charge on any atom is -0.383 e. The molecule has 2 fully saturated rings. The Morgan fingerprint density at radius 1 is 1.50 bits per heavy atom. The molecular formula is C11H21NO3S. The highest BCUT2D eigenvalue weighted by Gasteiger charge is 2.56. The normalized spacial score (nSPS) is 36.4. The fourth-order valence-corrected chi connectivity index (χ4v) is 4.98.